The molecule has 26 heavy (non-hydrogen) atoms. The normalized spacial score (nSPS) is 12.0. The van der Waals surface area contributed by atoms with Gasteiger partial charge in [-0.25, -0.2) is 4.98 Å². The minimum atomic E-state index is -0.0376. The Labute approximate surface area is 154 Å². The van der Waals surface area contributed by atoms with E-state index in [4.69, 9.17) is 4.74 Å². The fraction of sp³-hybridized carbons (Fsp3) is 0.273. The van der Waals surface area contributed by atoms with Crippen molar-refractivity contribution in [1.82, 2.24) is 10.3 Å². The second-order valence-electron chi connectivity index (χ2n) is 6.52. The Morgan fingerprint density at radius 2 is 1.88 bits per heavy atom. The quantitative estimate of drug-likeness (QED) is 0.668. The van der Waals surface area contributed by atoms with Gasteiger partial charge in [0.25, 0.3) is 0 Å². The smallest absolute Gasteiger partial charge is 0.219 e. The lowest BCUT2D eigenvalue weighted by molar-refractivity contribution is -0.119. The number of nitrogens with one attached hydrogen (secondary N) is 1. The maximum Gasteiger partial charge on any atom is 0.219 e. The number of benzene rings is 2. The monoisotopic (exact) mass is 348 g/mol. The largest absolute Gasteiger partial charge is 0.439 e. The van der Waals surface area contributed by atoms with Gasteiger partial charge in [0.05, 0.1) is 11.6 Å². The van der Waals surface area contributed by atoms with Gasteiger partial charge in [-0.15, -0.1) is 0 Å². The van der Waals surface area contributed by atoms with Crippen LogP contribution < -0.4 is 10.1 Å². The maximum absolute atomic E-state index is 11.2. The minimum absolute atomic E-state index is 0.0329. The number of carbonyl (C=O) groups is 1. The van der Waals surface area contributed by atoms with Crippen molar-refractivity contribution in [1.29, 1.82) is 0 Å². The summed E-state index contributed by atoms with van der Waals surface area (Å²) in [5.74, 6) is 1.32. The third-order valence-corrected chi connectivity index (χ3v) is 4.29. The number of hydrogen-bond donors (Lipinski definition) is 1. The first-order valence-corrected chi connectivity index (χ1v) is 9.00. The van der Waals surface area contributed by atoms with Crippen molar-refractivity contribution in [3.8, 4) is 11.6 Å². The Morgan fingerprint density at radius 3 is 2.58 bits per heavy atom. The van der Waals surface area contributed by atoms with Gasteiger partial charge < -0.3 is 10.1 Å². The zero-order valence-electron chi connectivity index (χ0n) is 15.5. The summed E-state index contributed by atoms with van der Waals surface area (Å²) in [4.78, 5) is 15.8. The van der Waals surface area contributed by atoms with E-state index in [0.29, 0.717) is 5.88 Å². The second kappa shape index (κ2) is 8.00. The van der Waals surface area contributed by atoms with Crippen LogP contribution in [0.1, 0.15) is 44.4 Å². The van der Waals surface area contributed by atoms with E-state index in [1.54, 1.807) is 0 Å². The van der Waals surface area contributed by atoms with Gasteiger partial charge in [-0.05, 0) is 54.8 Å². The lowest BCUT2D eigenvalue weighted by Crippen LogP contribution is -2.23. The van der Waals surface area contributed by atoms with Crippen LogP contribution in [0.3, 0.4) is 0 Å². The van der Waals surface area contributed by atoms with Crippen molar-refractivity contribution in [2.45, 2.75) is 39.7 Å². The molecule has 0 fully saturated rings. The third kappa shape index (κ3) is 4.39. The van der Waals surface area contributed by atoms with Crippen LogP contribution >= 0.6 is 0 Å². The molecule has 3 aromatic rings. The zero-order valence-corrected chi connectivity index (χ0v) is 15.5. The van der Waals surface area contributed by atoms with Gasteiger partial charge in [0.15, 0.2) is 0 Å². The summed E-state index contributed by atoms with van der Waals surface area (Å²) in [6.07, 6.45) is 2.21. The van der Waals surface area contributed by atoms with Gasteiger partial charge in [-0.3, -0.25) is 4.79 Å². The molecule has 1 unspecified atom stereocenters. The summed E-state index contributed by atoms with van der Waals surface area (Å²) < 4.78 is 5.88. The second-order valence-corrected chi connectivity index (χ2v) is 6.52. The molecule has 2 aromatic carbocycles. The van der Waals surface area contributed by atoms with Crippen LogP contribution in [0.4, 0.5) is 0 Å². The van der Waals surface area contributed by atoms with Crippen molar-refractivity contribution in [3.05, 3.63) is 65.7 Å². The van der Waals surface area contributed by atoms with Crippen LogP contribution in [-0.2, 0) is 11.2 Å². The van der Waals surface area contributed by atoms with Crippen LogP contribution in [-0.4, -0.2) is 10.9 Å². The van der Waals surface area contributed by atoms with Gasteiger partial charge in [0, 0.05) is 18.4 Å². The highest BCUT2D eigenvalue weighted by molar-refractivity contribution is 5.80. The SMILES string of the molecule is CCCc1ccc(Oc2ccc3cc(C(C)NC(C)=O)ccc3n2)cc1. The lowest BCUT2D eigenvalue weighted by atomic mass is 10.1. The Balaban J connectivity index is 1.77. The molecule has 4 nitrogen and oxygen atoms in total. The molecule has 0 bridgehead atoms. The van der Waals surface area contributed by atoms with E-state index in [1.807, 2.05) is 49.4 Å². The number of fused-ring (bicyclic) bond motifs is 1. The van der Waals surface area contributed by atoms with E-state index in [1.165, 1.54) is 12.5 Å². The molecule has 1 aromatic heterocycles. The molecule has 0 aliphatic heterocycles. The predicted octanol–water partition coefficient (Wildman–Crippen LogP) is 5.18. The molecule has 1 atom stereocenters. The van der Waals surface area contributed by atoms with Crippen LogP contribution in [0, 0.1) is 0 Å². The molecular formula is C22H24N2O2. The average molecular weight is 348 g/mol. The summed E-state index contributed by atoms with van der Waals surface area (Å²) >= 11 is 0. The molecule has 0 saturated heterocycles. The molecule has 1 heterocycles. The van der Waals surface area contributed by atoms with Crippen LogP contribution in [0.25, 0.3) is 10.9 Å². The number of hydrogen-bond acceptors (Lipinski definition) is 3. The number of rotatable bonds is 6. The molecule has 0 radical (unpaired) electrons. The number of nitrogens with zero attached hydrogens (tertiary/aromatic N) is 1. The van der Waals surface area contributed by atoms with Gasteiger partial charge in [-0.2, -0.15) is 0 Å². The van der Waals surface area contributed by atoms with Crippen LogP contribution in [0.5, 0.6) is 11.6 Å². The molecular weight excluding hydrogens is 324 g/mol. The molecule has 3 rings (SSSR count). The molecule has 1 N–H and O–H groups in total. The first kappa shape index (κ1) is 17.9. The molecule has 0 aliphatic rings. The number of pyridine rings is 1. The van der Waals surface area contributed by atoms with Crippen molar-refractivity contribution < 1.29 is 9.53 Å². The highest BCUT2D eigenvalue weighted by atomic mass is 16.5. The maximum atomic E-state index is 11.2. The fourth-order valence-corrected chi connectivity index (χ4v) is 2.97. The van der Waals surface area contributed by atoms with E-state index in [0.717, 1.165) is 35.1 Å². The van der Waals surface area contributed by atoms with Gasteiger partial charge in [0.2, 0.25) is 11.8 Å². The number of amides is 1. The highest BCUT2D eigenvalue weighted by Gasteiger charge is 2.08. The van der Waals surface area contributed by atoms with Crippen molar-refractivity contribution in [2.24, 2.45) is 0 Å². The molecule has 4 heteroatoms. The third-order valence-electron chi connectivity index (χ3n) is 4.29. The van der Waals surface area contributed by atoms with Gasteiger partial charge in [0.1, 0.15) is 5.75 Å². The van der Waals surface area contributed by atoms with Crippen LogP contribution in [0.15, 0.2) is 54.6 Å². The van der Waals surface area contributed by atoms with E-state index in [2.05, 4.69) is 29.4 Å². The van der Waals surface area contributed by atoms with E-state index >= 15 is 0 Å². The molecule has 1 amide bonds. The standard InChI is InChI=1S/C22H24N2O2/c1-4-5-17-6-10-20(11-7-17)26-22-13-9-19-14-18(8-12-21(19)24-22)15(2)23-16(3)25/h6-15H,4-5H2,1-3H3,(H,23,25). The highest BCUT2D eigenvalue weighted by Crippen LogP contribution is 2.25. The first-order chi connectivity index (χ1) is 12.5. The molecule has 0 spiro atoms. The number of ether oxygens (including phenoxy) is 1. The molecule has 134 valence electrons. The molecule has 0 saturated carbocycles. The Hall–Kier alpha value is -2.88. The van der Waals surface area contributed by atoms with Crippen molar-refractivity contribution in [2.75, 3.05) is 0 Å². The lowest BCUT2D eigenvalue weighted by Gasteiger charge is -2.13. The summed E-state index contributed by atoms with van der Waals surface area (Å²) in [5.41, 5.74) is 3.23. The topological polar surface area (TPSA) is 51.2 Å². The summed E-state index contributed by atoms with van der Waals surface area (Å²) in [6, 6.07) is 18.0. The summed E-state index contributed by atoms with van der Waals surface area (Å²) in [5, 5.41) is 3.92. The van der Waals surface area contributed by atoms with E-state index < -0.39 is 0 Å². The van der Waals surface area contributed by atoms with E-state index in [-0.39, 0.29) is 11.9 Å². The Bertz CT molecular complexity index is 904. The zero-order chi connectivity index (χ0) is 18.5. The average Bonchev–Trinajstić information content (AvgIpc) is 2.62. The van der Waals surface area contributed by atoms with Crippen molar-refractivity contribution in [3.63, 3.8) is 0 Å². The number of aryl methyl sites for hydroxylation is 1. The molecule has 0 aliphatic carbocycles. The van der Waals surface area contributed by atoms with E-state index in [9.17, 15) is 4.79 Å². The Kier molecular flexibility index (Phi) is 5.52. The number of aromatic nitrogens is 1. The van der Waals surface area contributed by atoms with Gasteiger partial charge in [-0.1, -0.05) is 31.5 Å². The first-order valence-electron chi connectivity index (χ1n) is 9.00. The summed E-state index contributed by atoms with van der Waals surface area (Å²) in [6.45, 7) is 5.67. The number of carbonyl (C=O) groups excluding carboxylic acids is 1. The van der Waals surface area contributed by atoms with Crippen molar-refractivity contribution >= 4 is 16.8 Å². The fourth-order valence-electron chi connectivity index (χ4n) is 2.97. The summed E-state index contributed by atoms with van der Waals surface area (Å²) in [7, 11) is 0. The minimum Gasteiger partial charge on any atom is -0.439 e. The Morgan fingerprint density at radius 1 is 1.12 bits per heavy atom. The van der Waals surface area contributed by atoms with Crippen LogP contribution in [0.2, 0.25) is 0 Å². The predicted molar refractivity (Wildman–Crippen MR) is 104 cm³/mol. The van der Waals surface area contributed by atoms with Gasteiger partial charge >= 0.3 is 0 Å².